The van der Waals surface area contributed by atoms with Gasteiger partial charge in [-0.2, -0.15) is 5.10 Å². The van der Waals surface area contributed by atoms with Crippen molar-refractivity contribution < 1.29 is 14.3 Å². The van der Waals surface area contributed by atoms with Crippen LogP contribution in [0, 0.1) is 5.92 Å². The molecule has 0 bridgehead atoms. The van der Waals surface area contributed by atoms with Crippen molar-refractivity contribution in [2.24, 2.45) is 11.7 Å². The molecule has 3 aromatic rings. The van der Waals surface area contributed by atoms with Crippen molar-refractivity contribution in [2.75, 3.05) is 38.2 Å². The number of carbonyl (C=O) groups is 2. The Morgan fingerprint density at radius 1 is 1.20 bits per heavy atom. The van der Waals surface area contributed by atoms with Gasteiger partial charge in [-0.3, -0.25) is 14.5 Å². The number of primary amides is 1. The van der Waals surface area contributed by atoms with Crippen molar-refractivity contribution >= 4 is 23.0 Å². The number of hydrogen-bond donors (Lipinski definition) is 3. The monoisotopic (exact) mass is 476 g/mol. The van der Waals surface area contributed by atoms with Crippen LogP contribution in [0.1, 0.15) is 35.7 Å². The molecule has 2 aliphatic rings. The summed E-state index contributed by atoms with van der Waals surface area (Å²) in [4.78, 5) is 26.6. The highest BCUT2D eigenvalue weighted by atomic mass is 16.5. The molecule has 1 saturated carbocycles. The maximum Gasteiger partial charge on any atom is 0.252 e. The van der Waals surface area contributed by atoms with E-state index >= 15 is 0 Å². The summed E-state index contributed by atoms with van der Waals surface area (Å²) >= 11 is 0. The minimum Gasteiger partial charge on any atom is -0.380 e. The third-order valence-corrected chi connectivity index (χ3v) is 6.82. The van der Waals surface area contributed by atoms with Crippen LogP contribution < -0.4 is 16.4 Å². The van der Waals surface area contributed by atoms with Crippen LogP contribution in [-0.4, -0.2) is 65.2 Å². The zero-order valence-corrected chi connectivity index (χ0v) is 20.0. The predicted octanol–water partition coefficient (Wildman–Crippen LogP) is 2.26. The van der Waals surface area contributed by atoms with Gasteiger partial charge < -0.3 is 21.1 Å². The molecule has 35 heavy (non-hydrogen) atoms. The molecular weight excluding hydrogens is 444 g/mol. The topological polar surface area (TPSA) is 114 Å². The van der Waals surface area contributed by atoms with E-state index in [1.165, 1.54) is 19.0 Å². The molecule has 1 aliphatic heterocycles. The lowest BCUT2D eigenvalue weighted by Gasteiger charge is -2.25. The molecule has 2 fully saturated rings. The first-order valence-electron chi connectivity index (χ1n) is 12.2. The summed E-state index contributed by atoms with van der Waals surface area (Å²) in [6.45, 7) is 5.90. The first-order chi connectivity index (χ1) is 17.0. The highest BCUT2D eigenvalue weighted by Gasteiger charge is 2.29. The van der Waals surface area contributed by atoms with E-state index in [0.717, 1.165) is 41.0 Å². The number of ether oxygens (including phenoxy) is 1. The van der Waals surface area contributed by atoms with Crippen molar-refractivity contribution in [1.29, 1.82) is 0 Å². The summed E-state index contributed by atoms with van der Waals surface area (Å²) < 4.78 is 7.12. The van der Waals surface area contributed by atoms with E-state index in [9.17, 15) is 9.59 Å². The fourth-order valence-corrected chi connectivity index (χ4v) is 4.57. The van der Waals surface area contributed by atoms with E-state index in [-0.39, 0.29) is 11.9 Å². The Morgan fingerprint density at radius 3 is 2.74 bits per heavy atom. The number of rotatable bonds is 9. The fraction of sp³-hybridized carbons (Fsp3) is 0.423. The number of hydrogen-bond acceptors (Lipinski definition) is 6. The number of aromatic nitrogens is 2. The minimum atomic E-state index is -0.497. The number of anilines is 1. The Balaban J connectivity index is 1.34. The van der Waals surface area contributed by atoms with Gasteiger partial charge in [0.05, 0.1) is 42.7 Å². The van der Waals surface area contributed by atoms with Gasteiger partial charge in [0, 0.05) is 37.4 Å². The van der Waals surface area contributed by atoms with Crippen molar-refractivity contribution in [3.05, 3.63) is 53.9 Å². The lowest BCUT2D eigenvalue weighted by molar-refractivity contribution is -0.123. The van der Waals surface area contributed by atoms with E-state index in [4.69, 9.17) is 10.5 Å². The molecule has 2 aromatic heterocycles. The van der Waals surface area contributed by atoms with Crippen molar-refractivity contribution in [3.63, 3.8) is 0 Å². The van der Waals surface area contributed by atoms with Crippen LogP contribution in [0.2, 0.25) is 0 Å². The Kier molecular flexibility index (Phi) is 6.70. The standard InChI is InChI=1S/C26H32N6O3/c1-17(19-5-6-19)30-25-22(26(27)34)14-29-32-15-21(12-23(25)32)20-4-2-3-18(11-20)13-28-24(33)16-31-7-9-35-10-8-31/h2-4,11-12,14-15,17,19,30H,5-10,13,16H2,1H3,(H2,27,34)(H,28,33). The van der Waals surface area contributed by atoms with Crippen LogP contribution in [0.25, 0.3) is 16.6 Å². The fourth-order valence-electron chi connectivity index (χ4n) is 4.57. The molecule has 0 radical (unpaired) electrons. The summed E-state index contributed by atoms with van der Waals surface area (Å²) in [6, 6.07) is 10.4. The van der Waals surface area contributed by atoms with Gasteiger partial charge in [0.15, 0.2) is 0 Å². The molecule has 9 nitrogen and oxygen atoms in total. The highest BCUT2D eigenvalue weighted by Crippen LogP contribution is 2.36. The molecule has 1 aromatic carbocycles. The number of benzene rings is 1. The van der Waals surface area contributed by atoms with E-state index in [1.807, 2.05) is 30.5 Å². The summed E-state index contributed by atoms with van der Waals surface area (Å²) in [7, 11) is 0. The molecule has 2 amide bonds. The van der Waals surface area contributed by atoms with Crippen LogP contribution >= 0.6 is 0 Å². The maximum atomic E-state index is 12.4. The Bertz CT molecular complexity index is 1230. The van der Waals surface area contributed by atoms with Gasteiger partial charge in [0.1, 0.15) is 0 Å². The summed E-state index contributed by atoms with van der Waals surface area (Å²) in [6.07, 6.45) is 5.87. The molecule has 1 atom stereocenters. The molecule has 3 heterocycles. The average Bonchev–Trinajstić information content (AvgIpc) is 3.62. The molecular formula is C26H32N6O3. The first kappa shape index (κ1) is 23.3. The number of nitrogens with one attached hydrogen (secondary N) is 2. The molecule has 1 saturated heterocycles. The van der Waals surface area contributed by atoms with E-state index in [1.54, 1.807) is 4.52 Å². The lowest BCUT2D eigenvalue weighted by atomic mass is 10.1. The number of carbonyl (C=O) groups excluding carboxylic acids is 2. The summed E-state index contributed by atoms with van der Waals surface area (Å²) in [5, 5.41) is 11.0. The third-order valence-electron chi connectivity index (χ3n) is 6.82. The maximum absolute atomic E-state index is 12.4. The Hall–Kier alpha value is -3.43. The average molecular weight is 477 g/mol. The second-order valence-electron chi connectivity index (χ2n) is 9.49. The first-order valence-corrected chi connectivity index (χ1v) is 12.2. The smallest absolute Gasteiger partial charge is 0.252 e. The normalized spacial score (nSPS) is 17.3. The highest BCUT2D eigenvalue weighted by molar-refractivity contribution is 6.02. The third kappa shape index (κ3) is 5.47. The second kappa shape index (κ2) is 10.1. The van der Waals surface area contributed by atoms with Gasteiger partial charge in [-0.25, -0.2) is 4.52 Å². The minimum absolute atomic E-state index is 0.00980. The number of amides is 2. The second-order valence-corrected chi connectivity index (χ2v) is 9.49. The van der Waals surface area contributed by atoms with E-state index < -0.39 is 5.91 Å². The van der Waals surface area contributed by atoms with Gasteiger partial charge in [0.2, 0.25) is 5.91 Å². The SMILES string of the molecule is CC(Nc1c(C(N)=O)cnn2cc(-c3cccc(CNC(=O)CN4CCOCC4)c3)cc12)C1CC1. The van der Waals surface area contributed by atoms with Gasteiger partial charge in [-0.1, -0.05) is 18.2 Å². The van der Waals surface area contributed by atoms with Crippen LogP contribution in [-0.2, 0) is 16.1 Å². The summed E-state index contributed by atoms with van der Waals surface area (Å²) in [5.41, 5.74) is 10.6. The van der Waals surface area contributed by atoms with Crippen LogP contribution in [0.5, 0.6) is 0 Å². The zero-order valence-electron chi connectivity index (χ0n) is 20.0. The lowest BCUT2D eigenvalue weighted by Crippen LogP contribution is -2.43. The molecule has 9 heteroatoms. The van der Waals surface area contributed by atoms with Gasteiger partial charge >= 0.3 is 0 Å². The van der Waals surface area contributed by atoms with E-state index in [2.05, 4.69) is 33.6 Å². The van der Waals surface area contributed by atoms with Gasteiger partial charge in [-0.15, -0.1) is 0 Å². The predicted molar refractivity (Wildman–Crippen MR) is 134 cm³/mol. The van der Waals surface area contributed by atoms with E-state index in [0.29, 0.717) is 37.8 Å². The quantitative estimate of drug-likeness (QED) is 0.437. The van der Waals surface area contributed by atoms with Crippen LogP contribution in [0.15, 0.2) is 42.7 Å². The largest absolute Gasteiger partial charge is 0.380 e. The van der Waals surface area contributed by atoms with Crippen LogP contribution in [0.4, 0.5) is 5.69 Å². The van der Waals surface area contributed by atoms with Gasteiger partial charge in [-0.05, 0) is 48.9 Å². The summed E-state index contributed by atoms with van der Waals surface area (Å²) in [5.74, 6) is 0.132. The zero-order chi connectivity index (χ0) is 24.4. The molecule has 1 unspecified atom stereocenters. The molecule has 184 valence electrons. The number of nitrogens with two attached hydrogens (primary N) is 1. The molecule has 5 rings (SSSR count). The molecule has 4 N–H and O–H groups in total. The van der Waals surface area contributed by atoms with Crippen molar-refractivity contribution in [2.45, 2.75) is 32.4 Å². The molecule has 1 aliphatic carbocycles. The van der Waals surface area contributed by atoms with Crippen LogP contribution in [0.3, 0.4) is 0 Å². The number of morpholine rings is 1. The number of nitrogens with zero attached hydrogens (tertiary/aromatic N) is 3. The Labute approximate surface area is 204 Å². The Morgan fingerprint density at radius 2 is 2.00 bits per heavy atom. The van der Waals surface area contributed by atoms with Crippen molar-refractivity contribution in [3.8, 4) is 11.1 Å². The molecule has 0 spiro atoms. The van der Waals surface area contributed by atoms with Gasteiger partial charge in [0.25, 0.3) is 5.91 Å². The van der Waals surface area contributed by atoms with Crippen molar-refractivity contribution in [1.82, 2.24) is 19.8 Å². The number of fused-ring (bicyclic) bond motifs is 1.